The fourth-order valence-corrected chi connectivity index (χ4v) is 3.78. The van der Waals surface area contributed by atoms with Crippen LogP contribution in [0.3, 0.4) is 0 Å². The Labute approximate surface area is 154 Å². The van der Waals surface area contributed by atoms with Gasteiger partial charge in [-0.15, -0.1) is 0 Å². The second-order valence-corrected chi connectivity index (χ2v) is 8.53. The molecule has 0 bridgehead atoms. The van der Waals surface area contributed by atoms with E-state index >= 15 is 0 Å². The van der Waals surface area contributed by atoms with Crippen LogP contribution in [-0.2, 0) is 10.8 Å². The van der Waals surface area contributed by atoms with Crippen LogP contribution in [0.2, 0.25) is 0 Å². The fourth-order valence-electron chi connectivity index (χ4n) is 3.78. The molecule has 0 aliphatic rings. The first-order valence-corrected chi connectivity index (χ1v) is 10.2. The quantitative estimate of drug-likeness (QED) is 0.353. The van der Waals surface area contributed by atoms with E-state index in [0.29, 0.717) is 0 Å². The number of hydrogen-bond donors (Lipinski definition) is 0. The lowest BCUT2D eigenvalue weighted by Crippen LogP contribution is -2.25. The van der Waals surface area contributed by atoms with Crippen LogP contribution >= 0.6 is 0 Å². The average Bonchev–Trinajstić information content (AvgIpc) is 2.55. The van der Waals surface area contributed by atoms with Gasteiger partial charge in [-0.1, -0.05) is 80.1 Å². The molecule has 0 saturated heterocycles. The summed E-state index contributed by atoms with van der Waals surface area (Å²) >= 11 is 0. The first-order chi connectivity index (χ1) is 11.7. The predicted molar refractivity (Wildman–Crippen MR) is 105 cm³/mol. The van der Waals surface area contributed by atoms with Gasteiger partial charge in [-0.3, -0.25) is 0 Å². The minimum atomic E-state index is -0.466. The molecule has 1 atom stereocenters. The van der Waals surface area contributed by atoms with Gasteiger partial charge in [0.2, 0.25) is 0 Å². The van der Waals surface area contributed by atoms with Crippen LogP contribution in [0.5, 0.6) is 0 Å². The summed E-state index contributed by atoms with van der Waals surface area (Å²) in [6.07, 6.45) is 9.38. The second kappa shape index (κ2) is 9.69. The Morgan fingerprint density at radius 3 is 1.80 bits per heavy atom. The zero-order valence-electron chi connectivity index (χ0n) is 17.3. The van der Waals surface area contributed by atoms with Gasteiger partial charge in [0.05, 0.1) is 0 Å². The number of hydrogen-bond acceptors (Lipinski definition) is 0. The van der Waals surface area contributed by atoms with Gasteiger partial charge in [0.15, 0.2) is 0 Å². The first-order valence-electron chi connectivity index (χ1n) is 10.2. The number of rotatable bonds is 11. The summed E-state index contributed by atoms with van der Waals surface area (Å²) in [5.74, 6) is -0.738. The van der Waals surface area contributed by atoms with Gasteiger partial charge in [0, 0.05) is 5.56 Å². The van der Waals surface area contributed by atoms with Gasteiger partial charge >= 0.3 is 0 Å². The Kier molecular flexibility index (Phi) is 8.57. The van der Waals surface area contributed by atoms with Gasteiger partial charge in [-0.05, 0) is 47.8 Å². The van der Waals surface area contributed by atoms with Crippen LogP contribution in [0, 0.1) is 11.6 Å². The summed E-state index contributed by atoms with van der Waals surface area (Å²) in [5, 5.41) is 0. The van der Waals surface area contributed by atoms with Crippen molar-refractivity contribution in [2.45, 2.75) is 110 Å². The van der Waals surface area contributed by atoms with Crippen molar-refractivity contribution < 1.29 is 8.78 Å². The lowest BCUT2D eigenvalue weighted by atomic mass is 9.73. The molecule has 1 unspecified atom stereocenters. The van der Waals surface area contributed by atoms with Crippen molar-refractivity contribution in [2.24, 2.45) is 0 Å². The monoisotopic (exact) mass is 352 g/mol. The minimum absolute atomic E-state index is 0.151. The molecule has 0 saturated carbocycles. The Morgan fingerprint density at radius 1 is 0.760 bits per heavy atom. The lowest BCUT2D eigenvalue weighted by Gasteiger charge is -2.32. The van der Waals surface area contributed by atoms with Crippen LogP contribution in [0.1, 0.15) is 110 Å². The second-order valence-electron chi connectivity index (χ2n) is 8.53. The van der Waals surface area contributed by atoms with Crippen LogP contribution in [-0.4, -0.2) is 0 Å². The maximum absolute atomic E-state index is 14.9. The van der Waals surface area contributed by atoms with Crippen molar-refractivity contribution in [3.8, 4) is 0 Å². The maximum atomic E-state index is 14.9. The Morgan fingerprint density at radius 2 is 1.32 bits per heavy atom. The molecule has 1 aromatic carbocycles. The van der Waals surface area contributed by atoms with Crippen molar-refractivity contribution in [1.29, 1.82) is 0 Å². The van der Waals surface area contributed by atoms with E-state index in [0.717, 1.165) is 50.5 Å². The molecule has 0 amide bonds. The molecule has 1 rings (SSSR count). The molecule has 0 N–H and O–H groups in total. The highest BCUT2D eigenvalue weighted by Crippen LogP contribution is 2.38. The van der Waals surface area contributed by atoms with E-state index in [2.05, 4.69) is 27.7 Å². The lowest BCUT2D eigenvalue weighted by molar-refractivity contribution is 0.382. The van der Waals surface area contributed by atoms with Crippen molar-refractivity contribution in [2.75, 3.05) is 0 Å². The van der Waals surface area contributed by atoms with Crippen molar-refractivity contribution in [1.82, 2.24) is 0 Å². The largest absolute Gasteiger partial charge is 0.207 e. The Bertz CT molecular complexity index is 510. The molecule has 144 valence electrons. The summed E-state index contributed by atoms with van der Waals surface area (Å²) in [6.45, 7) is 12.5. The van der Waals surface area contributed by atoms with Crippen molar-refractivity contribution >= 4 is 0 Å². The highest BCUT2D eigenvalue weighted by molar-refractivity contribution is 5.35. The number of unbranched alkanes of at least 4 members (excludes halogenated alkanes) is 4. The molecule has 0 aliphatic carbocycles. The van der Waals surface area contributed by atoms with Crippen LogP contribution in [0.25, 0.3) is 0 Å². The molecule has 0 heterocycles. The molecule has 0 fully saturated rings. The van der Waals surface area contributed by atoms with E-state index in [1.807, 2.05) is 13.8 Å². The third-order valence-corrected chi connectivity index (χ3v) is 5.93. The van der Waals surface area contributed by atoms with Gasteiger partial charge in [0.1, 0.15) is 11.6 Å². The third kappa shape index (κ3) is 5.79. The zero-order chi connectivity index (χ0) is 19.1. The average molecular weight is 353 g/mol. The van der Waals surface area contributed by atoms with Gasteiger partial charge in [-0.2, -0.15) is 0 Å². The molecule has 2 heteroatoms. The normalized spacial score (nSPS) is 14.6. The molecule has 0 nitrogen and oxygen atoms in total. The van der Waals surface area contributed by atoms with E-state index in [1.54, 1.807) is 12.1 Å². The molecule has 0 radical (unpaired) electrons. The Balaban J connectivity index is 3.09. The van der Waals surface area contributed by atoms with E-state index < -0.39 is 5.41 Å². The van der Waals surface area contributed by atoms with Crippen LogP contribution in [0.15, 0.2) is 12.1 Å². The molecule has 0 aliphatic heterocycles. The van der Waals surface area contributed by atoms with E-state index in [1.165, 1.54) is 12.8 Å². The number of benzene rings is 1. The summed E-state index contributed by atoms with van der Waals surface area (Å²) < 4.78 is 29.9. The van der Waals surface area contributed by atoms with Crippen LogP contribution < -0.4 is 0 Å². The summed E-state index contributed by atoms with van der Waals surface area (Å²) in [6, 6.07) is 3.21. The standard InChI is InChI=1S/C23H38F2/c1-7-10-12-13-14-22(4,5)21-19(24)16-18(17-20(21)25)23(6,9-3)15-11-8-2/h16-17H,7-15H2,1-6H3. The van der Waals surface area contributed by atoms with Crippen LogP contribution in [0.4, 0.5) is 8.78 Å². The minimum Gasteiger partial charge on any atom is -0.207 e. The highest BCUT2D eigenvalue weighted by Gasteiger charge is 2.31. The van der Waals surface area contributed by atoms with Crippen molar-refractivity contribution in [3.05, 3.63) is 34.9 Å². The molecule has 25 heavy (non-hydrogen) atoms. The predicted octanol–water partition coefficient (Wildman–Crippen LogP) is 8.07. The summed E-state index contributed by atoms with van der Waals surface area (Å²) in [7, 11) is 0. The van der Waals surface area contributed by atoms with Crippen molar-refractivity contribution in [3.63, 3.8) is 0 Å². The van der Waals surface area contributed by atoms with Gasteiger partial charge < -0.3 is 0 Å². The SMILES string of the molecule is CCCCCCC(C)(C)c1c(F)cc(C(C)(CC)CCCC)cc1F. The maximum Gasteiger partial charge on any atom is 0.130 e. The summed E-state index contributed by atoms with van der Waals surface area (Å²) in [5.41, 5.74) is 0.458. The third-order valence-electron chi connectivity index (χ3n) is 5.93. The van der Waals surface area contributed by atoms with E-state index in [4.69, 9.17) is 0 Å². The Hall–Kier alpha value is -0.920. The topological polar surface area (TPSA) is 0 Å². The summed E-state index contributed by atoms with van der Waals surface area (Å²) in [4.78, 5) is 0. The molecular formula is C23H38F2. The molecular weight excluding hydrogens is 314 g/mol. The first kappa shape index (κ1) is 22.1. The highest BCUT2D eigenvalue weighted by atomic mass is 19.1. The van der Waals surface area contributed by atoms with E-state index in [9.17, 15) is 8.78 Å². The molecule has 0 aromatic heterocycles. The van der Waals surface area contributed by atoms with Gasteiger partial charge in [-0.25, -0.2) is 8.78 Å². The fraction of sp³-hybridized carbons (Fsp3) is 0.739. The van der Waals surface area contributed by atoms with E-state index in [-0.39, 0.29) is 22.6 Å². The molecule has 0 spiro atoms. The smallest absolute Gasteiger partial charge is 0.130 e. The van der Waals surface area contributed by atoms with Gasteiger partial charge in [0.25, 0.3) is 0 Å². The number of halogens is 2. The molecule has 1 aromatic rings. The zero-order valence-corrected chi connectivity index (χ0v) is 17.3.